The quantitative estimate of drug-likeness (QED) is 0.375. The van der Waals surface area contributed by atoms with Gasteiger partial charge in [-0.3, -0.25) is 0 Å². The summed E-state index contributed by atoms with van der Waals surface area (Å²) in [6.07, 6.45) is 28.4. The molecule has 0 saturated heterocycles. The lowest BCUT2D eigenvalue weighted by Gasteiger charge is -2.31. The van der Waals surface area contributed by atoms with Crippen LogP contribution in [0.5, 0.6) is 0 Å². The van der Waals surface area contributed by atoms with Crippen LogP contribution in [0.3, 0.4) is 0 Å². The Labute approximate surface area is 234 Å². The maximum Gasteiger partial charge on any atom is -0.0159 e. The summed E-state index contributed by atoms with van der Waals surface area (Å²) in [5.41, 5.74) is 13.4. The topological polar surface area (TPSA) is 0 Å². The molecule has 0 unspecified atom stereocenters. The molecule has 4 aliphatic carbocycles. The average Bonchev–Trinajstić information content (AvgIpc) is 2.99. The van der Waals surface area contributed by atoms with Crippen molar-refractivity contribution in [1.82, 2.24) is 0 Å². The monoisotopic (exact) mass is 510 g/mol. The van der Waals surface area contributed by atoms with E-state index in [-0.39, 0.29) is 0 Å². The predicted octanol–water partition coefficient (Wildman–Crippen LogP) is 12.2. The van der Waals surface area contributed by atoms with E-state index in [0.717, 1.165) is 23.7 Å². The Morgan fingerprint density at radius 2 is 0.553 bits per heavy atom. The van der Waals surface area contributed by atoms with Gasteiger partial charge >= 0.3 is 0 Å². The molecule has 0 aromatic heterocycles. The van der Waals surface area contributed by atoms with Gasteiger partial charge in [-0.05, 0) is 133 Å². The minimum atomic E-state index is 0.784. The van der Waals surface area contributed by atoms with Crippen LogP contribution in [0, 0.1) is 13.8 Å². The van der Waals surface area contributed by atoms with Crippen LogP contribution in [0.4, 0.5) is 0 Å². The van der Waals surface area contributed by atoms with E-state index >= 15 is 0 Å². The minimum Gasteiger partial charge on any atom is -0.0533 e. The fraction of sp³-hybridized carbons (Fsp3) is 0.684. The highest BCUT2D eigenvalue weighted by Crippen LogP contribution is 2.46. The predicted molar refractivity (Wildman–Crippen MR) is 165 cm³/mol. The van der Waals surface area contributed by atoms with E-state index in [1.54, 1.807) is 44.5 Å². The molecule has 2 aromatic carbocycles. The molecule has 0 amide bonds. The van der Waals surface area contributed by atoms with Crippen LogP contribution >= 0.6 is 0 Å². The summed E-state index contributed by atoms with van der Waals surface area (Å²) in [4.78, 5) is 0. The van der Waals surface area contributed by atoms with E-state index < -0.39 is 0 Å². The maximum atomic E-state index is 2.69. The molecule has 4 saturated carbocycles. The van der Waals surface area contributed by atoms with Crippen molar-refractivity contribution in [2.75, 3.05) is 0 Å². The van der Waals surface area contributed by atoms with Crippen LogP contribution in [0.1, 0.15) is 185 Å². The zero-order valence-electron chi connectivity index (χ0n) is 24.8. The first kappa shape index (κ1) is 26.7. The molecular weight excluding hydrogens is 456 g/mol. The fourth-order valence-corrected chi connectivity index (χ4v) is 9.20. The molecule has 0 heteroatoms. The van der Waals surface area contributed by atoms with E-state index in [9.17, 15) is 0 Å². The Morgan fingerprint density at radius 3 is 0.763 bits per heavy atom. The normalized spacial score (nSPS) is 23.1. The van der Waals surface area contributed by atoms with Gasteiger partial charge in [0, 0.05) is 0 Å². The summed E-state index contributed by atoms with van der Waals surface area (Å²) in [6.45, 7) is 4.99. The largest absolute Gasteiger partial charge is 0.0533 e. The molecule has 0 bridgehead atoms. The maximum absolute atomic E-state index is 2.69. The van der Waals surface area contributed by atoms with Gasteiger partial charge in [0.1, 0.15) is 0 Å². The van der Waals surface area contributed by atoms with Gasteiger partial charge in [-0.1, -0.05) is 101 Å². The molecule has 0 heterocycles. The molecule has 38 heavy (non-hydrogen) atoms. The lowest BCUT2D eigenvalue weighted by atomic mass is 9.74. The molecule has 4 fully saturated rings. The number of hydrogen-bond acceptors (Lipinski definition) is 0. The first-order valence-corrected chi connectivity index (χ1v) is 17.0. The Kier molecular flexibility index (Phi) is 8.63. The van der Waals surface area contributed by atoms with Gasteiger partial charge in [-0.25, -0.2) is 0 Å². The molecular formula is C38H54. The van der Waals surface area contributed by atoms with Crippen LogP contribution in [0.15, 0.2) is 24.3 Å². The lowest BCUT2D eigenvalue weighted by Crippen LogP contribution is -2.13. The molecule has 206 valence electrons. The fourth-order valence-electron chi connectivity index (χ4n) is 9.20. The lowest BCUT2D eigenvalue weighted by molar-refractivity contribution is 0.432. The van der Waals surface area contributed by atoms with Gasteiger partial charge < -0.3 is 0 Å². The first-order valence-electron chi connectivity index (χ1n) is 17.0. The van der Waals surface area contributed by atoms with Crippen molar-refractivity contribution in [3.63, 3.8) is 0 Å². The van der Waals surface area contributed by atoms with E-state index in [2.05, 4.69) is 38.1 Å². The van der Waals surface area contributed by atoms with Gasteiger partial charge in [0.25, 0.3) is 0 Å². The third-order valence-corrected chi connectivity index (χ3v) is 11.5. The minimum absolute atomic E-state index is 0.784. The first-order chi connectivity index (χ1) is 18.7. The number of hydrogen-bond donors (Lipinski definition) is 0. The number of benzene rings is 2. The van der Waals surface area contributed by atoms with Crippen LogP contribution in [0.25, 0.3) is 11.1 Å². The highest BCUT2D eigenvalue weighted by Gasteiger charge is 2.27. The van der Waals surface area contributed by atoms with Gasteiger partial charge in [0.2, 0.25) is 0 Å². The summed E-state index contributed by atoms with van der Waals surface area (Å²) < 4.78 is 0. The standard InChI is InChI=1S/C38H54/c1-27-35(29-15-7-3-8-16-29)23-33(24-36(27)30-17-9-4-10-18-30)34-25-37(31-19-11-5-12-20-31)28(2)38(26-34)32-21-13-6-14-22-32/h23-26,29-32H,3-22H2,1-2H3. The van der Waals surface area contributed by atoms with E-state index in [0.29, 0.717) is 0 Å². The van der Waals surface area contributed by atoms with E-state index in [1.165, 1.54) is 128 Å². The SMILES string of the molecule is Cc1c(C2CCCCC2)cc(-c2cc(C3CCCCC3)c(C)c(C3CCCCC3)c2)cc1C1CCCCC1. The zero-order valence-corrected chi connectivity index (χ0v) is 24.8. The summed E-state index contributed by atoms with van der Waals surface area (Å²) in [7, 11) is 0. The van der Waals surface area contributed by atoms with Crippen molar-refractivity contribution in [2.24, 2.45) is 0 Å². The molecule has 0 spiro atoms. The summed E-state index contributed by atoms with van der Waals surface area (Å²) in [6, 6.07) is 10.8. The highest BCUT2D eigenvalue weighted by atomic mass is 14.3. The molecule has 0 aliphatic heterocycles. The molecule has 4 aliphatic rings. The van der Waals surface area contributed by atoms with Crippen molar-refractivity contribution in [3.05, 3.63) is 57.6 Å². The Bertz CT molecular complexity index is 900. The molecule has 0 N–H and O–H groups in total. The van der Waals surface area contributed by atoms with Crippen molar-refractivity contribution >= 4 is 0 Å². The summed E-state index contributed by atoms with van der Waals surface area (Å²) in [5.74, 6) is 3.14. The second-order valence-electron chi connectivity index (χ2n) is 13.9. The van der Waals surface area contributed by atoms with Crippen molar-refractivity contribution < 1.29 is 0 Å². The Hall–Kier alpha value is -1.56. The second-order valence-corrected chi connectivity index (χ2v) is 13.9. The van der Waals surface area contributed by atoms with Gasteiger partial charge in [0.05, 0.1) is 0 Å². The molecule has 6 rings (SSSR count). The Morgan fingerprint density at radius 1 is 0.342 bits per heavy atom. The third-order valence-electron chi connectivity index (χ3n) is 11.5. The molecule has 0 atom stereocenters. The Balaban J connectivity index is 1.48. The highest BCUT2D eigenvalue weighted by molar-refractivity contribution is 5.70. The van der Waals surface area contributed by atoms with Gasteiger partial charge in [-0.15, -0.1) is 0 Å². The van der Waals surface area contributed by atoms with Gasteiger partial charge in [0.15, 0.2) is 0 Å². The molecule has 0 radical (unpaired) electrons. The van der Waals surface area contributed by atoms with Crippen LogP contribution in [-0.2, 0) is 0 Å². The van der Waals surface area contributed by atoms with E-state index in [1.807, 2.05) is 0 Å². The second kappa shape index (κ2) is 12.3. The van der Waals surface area contributed by atoms with Crippen LogP contribution < -0.4 is 0 Å². The smallest absolute Gasteiger partial charge is 0.0159 e. The van der Waals surface area contributed by atoms with Crippen LogP contribution in [-0.4, -0.2) is 0 Å². The molecule has 2 aromatic rings. The van der Waals surface area contributed by atoms with Crippen molar-refractivity contribution in [2.45, 2.75) is 166 Å². The van der Waals surface area contributed by atoms with Crippen molar-refractivity contribution in [3.8, 4) is 11.1 Å². The number of rotatable bonds is 5. The van der Waals surface area contributed by atoms with Crippen LogP contribution in [0.2, 0.25) is 0 Å². The molecule has 0 nitrogen and oxygen atoms in total. The average molecular weight is 511 g/mol. The zero-order chi connectivity index (χ0) is 25.9. The summed E-state index contributed by atoms with van der Waals surface area (Å²) in [5, 5.41) is 0. The van der Waals surface area contributed by atoms with Gasteiger partial charge in [-0.2, -0.15) is 0 Å². The van der Waals surface area contributed by atoms with E-state index in [4.69, 9.17) is 0 Å². The van der Waals surface area contributed by atoms with Crippen molar-refractivity contribution in [1.29, 1.82) is 0 Å². The third kappa shape index (κ3) is 5.67. The summed E-state index contributed by atoms with van der Waals surface area (Å²) >= 11 is 0.